The quantitative estimate of drug-likeness (QED) is 0.759. The van der Waals surface area contributed by atoms with Gasteiger partial charge in [0.15, 0.2) is 6.10 Å². The van der Waals surface area contributed by atoms with Gasteiger partial charge in [-0.2, -0.15) is 13.2 Å². The molecule has 1 atom stereocenters. The van der Waals surface area contributed by atoms with Gasteiger partial charge in [-0.1, -0.05) is 18.2 Å². The highest BCUT2D eigenvalue weighted by molar-refractivity contribution is 5.98. The van der Waals surface area contributed by atoms with Crippen molar-refractivity contribution in [1.82, 2.24) is 0 Å². The van der Waals surface area contributed by atoms with E-state index in [-0.39, 0.29) is 11.3 Å². The Balaban J connectivity index is 2.05. The van der Waals surface area contributed by atoms with Crippen LogP contribution in [0.15, 0.2) is 48.5 Å². The summed E-state index contributed by atoms with van der Waals surface area (Å²) in [6.45, 7) is 3.42. The molecule has 0 aliphatic carbocycles. The van der Waals surface area contributed by atoms with Crippen molar-refractivity contribution >= 4 is 17.6 Å². The number of amides is 1. The van der Waals surface area contributed by atoms with Gasteiger partial charge in [-0.05, 0) is 44.2 Å². The minimum absolute atomic E-state index is 0.0487. The van der Waals surface area contributed by atoms with E-state index in [0.717, 1.165) is 12.1 Å². The highest BCUT2D eigenvalue weighted by Gasteiger charge is 2.30. The first-order valence-corrected chi connectivity index (χ1v) is 8.13. The molecule has 0 saturated carbocycles. The molecule has 0 fully saturated rings. The van der Waals surface area contributed by atoms with Crippen LogP contribution >= 0.6 is 0 Å². The lowest BCUT2D eigenvalue weighted by molar-refractivity contribution is -0.137. The van der Waals surface area contributed by atoms with E-state index in [2.05, 4.69) is 5.32 Å². The lowest BCUT2D eigenvalue weighted by atomic mass is 10.2. The third kappa shape index (κ3) is 5.47. The van der Waals surface area contributed by atoms with Crippen LogP contribution in [0.5, 0.6) is 5.75 Å². The SMILES string of the molecule is CCOc1ccccc1C(=O)O[C@@H](C)C(=O)Nc1cccc(C(F)(F)F)c1. The highest BCUT2D eigenvalue weighted by Crippen LogP contribution is 2.30. The maximum absolute atomic E-state index is 12.7. The summed E-state index contributed by atoms with van der Waals surface area (Å²) >= 11 is 0. The molecule has 2 aromatic rings. The number of carbonyl (C=O) groups is 2. The fourth-order valence-electron chi connectivity index (χ4n) is 2.21. The summed E-state index contributed by atoms with van der Waals surface area (Å²) in [5, 5.41) is 2.30. The van der Waals surface area contributed by atoms with Crippen LogP contribution in [0.3, 0.4) is 0 Å². The van der Waals surface area contributed by atoms with Gasteiger partial charge in [-0.25, -0.2) is 4.79 Å². The van der Waals surface area contributed by atoms with Crippen LogP contribution in [0.25, 0.3) is 0 Å². The largest absolute Gasteiger partial charge is 0.493 e. The van der Waals surface area contributed by atoms with Gasteiger partial charge in [0.2, 0.25) is 0 Å². The Kier molecular flexibility index (Phi) is 6.44. The van der Waals surface area contributed by atoms with Crippen LogP contribution in [-0.2, 0) is 15.7 Å². The van der Waals surface area contributed by atoms with E-state index in [9.17, 15) is 22.8 Å². The molecule has 2 rings (SSSR count). The second kappa shape index (κ2) is 8.57. The summed E-state index contributed by atoms with van der Waals surface area (Å²) in [6.07, 6.45) is -5.75. The Morgan fingerprint density at radius 3 is 2.48 bits per heavy atom. The molecular weight excluding hydrogens is 363 g/mol. The number of benzene rings is 2. The van der Waals surface area contributed by atoms with Crippen LogP contribution in [0.1, 0.15) is 29.8 Å². The smallest absolute Gasteiger partial charge is 0.416 e. The van der Waals surface area contributed by atoms with E-state index in [0.29, 0.717) is 12.4 Å². The first kappa shape index (κ1) is 20.3. The fourth-order valence-corrected chi connectivity index (χ4v) is 2.21. The molecule has 1 N–H and O–H groups in total. The molecule has 0 unspecified atom stereocenters. The van der Waals surface area contributed by atoms with Gasteiger partial charge in [0.05, 0.1) is 12.2 Å². The predicted molar refractivity (Wildman–Crippen MR) is 92.6 cm³/mol. The second-order valence-electron chi connectivity index (χ2n) is 5.54. The van der Waals surface area contributed by atoms with Crippen LogP contribution in [0.4, 0.5) is 18.9 Å². The van der Waals surface area contributed by atoms with Gasteiger partial charge in [0.25, 0.3) is 5.91 Å². The number of esters is 1. The minimum atomic E-state index is -4.53. The van der Waals surface area contributed by atoms with Gasteiger partial charge < -0.3 is 14.8 Å². The second-order valence-corrected chi connectivity index (χ2v) is 5.54. The molecule has 2 aromatic carbocycles. The van der Waals surface area contributed by atoms with E-state index < -0.39 is 29.7 Å². The number of carbonyl (C=O) groups excluding carboxylic acids is 2. The molecule has 0 aliphatic heterocycles. The third-order valence-corrected chi connectivity index (χ3v) is 3.52. The standard InChI is InChI=1S/C19H18F3NO4/c1-3-26-16-10-5-4-9-15(16)18(25)27-12(2)17(24)23-14-8-6-7-13(11-14)19(20,21)22/h4-12H,3H2,1-2H3,(H,23,24)/t12-/m0/s1. The van der Waals surface area contributed by atoms with Crippen LogP contribution in [0.2, 0.25) is 0 Å². The van der Waals surface area contributed by atoms with Gasteiger partial charge in [-0.3, -0.25) is 4.79 Å². The molecule has 0 heterocycles. The Bertz CT molecular complexity index is 821. The number of hydrogen-bond acceptors (Lipinski definition) is 4. The summed E-state index contributed by atoms with van der Waals surface area (Å²) in [7, 11) is 0. The zero-order chi connectivity index (χ0) is 20.0. The first-order chi connectivity index (χ1) is 12.7. The van der Waals surface area contributed by atoms with Crippen LogP contribution in [-0.4, -0.2) is 24.6 Å². The Morgan fingerprint density at radius 1 is 1.11 bits per heavy atom. The number of anilines is 1. The maximum atomic E-state index is 12.7. The molecule has 0 aliphatic rings. The minimum Gasteiger partial charge on any atom is -0.493 e. The van der Waals surface area contributed by atoms with E-state index in [1.807, 2.05) is 0 Å². The average Bonchev–Trinajstić information content (AvgIpc) is 2.61. The van der Waals surface area contributed by atoms with E-state index in [4.69, 9.17) is 9.47 Å². The van der Waals surface area contributed by atoms with Crippen molar-refractivity contribution < 1.29 is 32.2 Å². The molecule has 1 amide bonds. The zero-order valence-corrected chi connectivity index (χ0v) is 14.7. The maximum Gasteiger partial charge on any atom is 0.416 e. The Labute approximate surface area is 154 Å². The summed E-state index contributed by atoms with van der Waals surface area (Å²) in [5.41, 5.74) is -0.791. The van der Waals surface area contributed by atoms with Gasteiger partial charge in [0, 0.05) is 5.69 Å². The molecule has 8 heteroatoms. The van der Waals surface area contributed by atoms with Crippen molar-refractivity contribution in [3.8, 4) is 5.75 Å². The zero-order valence-electron chi connectivity index (χ0n) is 14.7. The number of nitrogens with one attached hydrogen (secondary N) is 1. The predicted octanol–water partition coefficient (Wildman–Crippen LogP) is 4.29. The number of hydrogen-bond donors (Lipinski definition) is 1. The molecule has 27 heavy (non-hydrogen) atoms. The number of halogens is 3. The summed E-state index contributed by atoms with van der Waals surface area (Å²) < 4.78 is 48.6. The van der Waals surface area contributed by atoms with Gasteiger partial charge >= 0.3 is 12.1 Å². The highest BCUT2D eigenvalue weighted by atomic mass is 19.4. The Morgan fingerprint density at radius 2 is 1.81 bits per heavy atom. The van der Waals surface area contributed by atoms with Crippen molar-refractivity contribution in [1.29, 1.82) is 0 Å². The third-order valence-electron chi connectivity index (χ3n) is 3.52. The molecule has 0 bridgehead atoms. The van der Waals surface area contributed by atoms with E-state index >= 15 is 0 Å². The number of alkyl halides is 3. The Hall–Kier alpha value is -3.03. The average molecular weight is 381 g/mol. The number of rotatable bonds is 6. The van der Waals surface area contributed by atoms with Gasteiger partial charge in [0.1, 0.15) is 11.3 Å². The monoisotopic (exact) mass is 381 g/mol. The molecule has 0 aromatic heterocycles. The molecular formula is C19H18F3NO4. The van der Waals surface area contributed by atoms with Gasteiger partial charge in [-0.15, -0.1) is 0 Å². The molecule has 0 saturated heterocycles. The van der Waals surface area contributed by atoms with Crippen molar-refractivity contribution in [2.75, 3.05) is 11.9 Å². The normalized spacial score (nSPS) is 12.2. The van der Waals surface area contributed by atoms with Crippen molar-refractivity contribution in [2.24, 2.45) is 0 Å². The van der Waals surface area contributed by atoms with Crippen molar-refractivity contribution in [2.45, 2.75) is 26.1 Å². The summed E-state index contributed by atoms with van der Waals surface area (Å²) in [6, 6.07) is 10.6. The molecule has 144 valence electrons. The van der Waals surface area contributed by atoms with E-state index in [1.54, 1.807) is 25.1 Å². The van der Waals surface area contributed by atoms with Crippen molar-refractivity contribution in [3.63, 3.8) is 0 Å². The summed E-state index contributed by atoms with van der Waals surface area (Å²) in [5.74, 6) is -1.21. The van der Waals surface area contributed by atoms with E-state index in [1.165, 1.54) is 25.1 Å². The number of para-hydroxylation sites is 1. The topological polar surface area (TPSA) is 64.6 Å². The first-order valence-electron chi connectivity index (χ1n) is 8.13. The van der Waals surface area contributed by atoms with Crippen molar-refractivity contribution in [3.05, 3.63) is 59.7 Å². The van der Waals surface area contributed by atoms with Crippen LogP contribution < -0.4 is 10.1 Å². The molecule has 5 nitrogen and oxygen atoms in total. The van der Waals surface area contributed by atoms with Crippen LogP contribution in [0, 0.1) is 0 Å². The lowest BCUT2D eigenvalue weighted by Crippen LogP contribution is -2.30. The molecule has 0 radical (unpaired) electrons. The fraction of sp³-hybridized carbons (Fsp3) is 0.263. The number of ether oxygens (including phenoxy) is 2. The lowest BCUT2D eigenvalue weighted by Gasteiger charge is -2.15. The summed E-state index contributed by atoms with van der Waals surface area (Å²) in [4.78, 5) is 24.4. The molecule has 0 spiro atoms.